The largest absolute Gasteiger partial charge is 0.463 e. The minimum Gasteiger partial charge on any atom is -0.463 e. The molecule has 0 aliphatic carbocycles. The van der Waals surface area contributed by atoms with Crippen molar-refractivity contribution >= 4 is 5.97 Å². The van der Waals surface area contributed by atoms with E-state index in [0.29, 0.717) is 30.9 Å². The molecule has 1 aromatic rings. The van der Waals surface area contributed by atoms with Gasteiger partial charge in [0.05, 0.1) is 0 Å². The summed E-state index contributed by atoms with van der Waals surface area (Å²) in [5.41, 5.74) is 0.375. The van der Waals surface area contributed by atoms with Gasteiger partial charge in [0.15, 0.2) is 0 Å². The Bertz CT molecular complexity index is 537. The Labute approximate surface area is 148 Å². The van der Waals surface area contributed by atoms with Crippen LogP contribution in [0.4, 0.5) is 8.78 Å². The zero-order chi connectivity index (χ0) is 18.8. The average molecular weight is 357 g/mol. The van der Waals surface area contributed by atoms with Gasteiger partial charge in [-0.2, -0.15) is 0 Å². The lowest BCUT2D eigenvalue weighted by Crippen LogP contribution is -2.36. The molecule has 1 unspecified atom stereocenters. The summed E-state index contributed by atoms with van der Waals surface area (Å²) < 4.78 is 32.0. The summed E-state index contributed by atoms with van der Waals surface area (Å²) in [5, 5.41) is 10.1. The average Bonchev–Trinajstić information content (AvgIpc) is 2.53. The summed E-state index contributed by atoms with van der Waals surface area (Å²) >= 11 is 0. The van der Waals surface area contributed by atoms with E-state index in [-0.39, 0.29) is 25.7 Å². The van der Waals surface area contributed by atoms with E-state index in [0.717, 1.165) is 12.5 Å². The van der Waals surface area contributed by atoms with Gasteiger partial charge in [-0.3, -0.25) is 9.69 Å². The van der Waals surface area contributed by atoms with Crippen molar-refractivity contribution in [2.24, 2.45) is 5.92 Å². The Balaban J connectivity index is 2.63. The summed E-state index contributed by atoms with van der Waals surface area (Å²) in [7, 11) is 0. The molecule has 0 radical (unpaired) electrons. The fourth-order valence-corrected chi connectivity index (χ4v) is 2.38. The normalized spacial score (nSPS) is 12.6. The molecular weight excluding hydrogens is 328 g/mol. The van der Waals surface area contributed by atoms with Gasteiger partial charge in [0.25, 0.3) is 0 Å². The first-order valence-electron chi connectivity index (χ1n) is 8.81. The summed E-state index contributed by atoms with van der Waals surface area (Å²) in [6.07, 6.45) is 1.05. The molecule has 0 aromatic heterocycles. The molecule has 0 fully saturated rings. The van der Waals surface area contributed by atoms with Gasteiger partial charge < -0.3 is 9.84 Å². The van der Waals surface area contributed by atoms with Crippen LogP contribution in [0, 0.1) is 17.6 Å². The fraction of sp³-hybridized carbons (Fsp3) is 0.632. The van der Waals surface area contributed by atoms with Crippen LogP contribution in [0.1, 0.15) is 45.6 Å². The smallest absolute Gasteiger partial charge is 0.305 e. The predicted octanol–water partition coefficient (Wildman–Crippen LogP) is 3.52. The van der Waals surface area contributed by atoms with Gasteiger partial charge in [0, 0.05) is 31.1 Å². The highest BCUT2D eigenvalue weighted by molar-refractivity contribution is 5.69. The zero-order valence-corrected chi connectivity index (χ0v) is 15.3. The van der Waals surface area contributed by atoms with Crippen molar-refractivity contribution in [3.63, 3.8) is 0 Å². The number of halogens is 2. The number of nitrogens with zero attached hydrogens (tertiary/aromatic N) is 1. The van der Waals surface area contributed by atoms with E-state index >= 15 is 0 Å². The van der Waals surface area contributed by atoms with E-state index in [1.165, 1.54) is 12.1 Å². The maximum Gasteiger partial charge on any atom is 0.305 e. The second-order valence-electron chi connectivity index (χ2n) is 6.74. The first kappa shape index (κ1) is 21.5. The molecule has 6 heteroatoms. The van der Waals surface area contributed by atoms with E-state index < -0.39 is 17.7 Å². The van der Waals surface area contributed by atoms with Crippen molar-refractivity contribution in [3.8, 4) is 0 Å². The maximum atomic E-state index is 13.9. The topological polar surface area (TPSA) is 49.8 Å². The zero-order valence-electron chi connectivity index (χ0n) is 15.3. The van der Waals surface area contributed by atoms with Crippen LogP contribution in [-0.2, 0) is 16.1 Å². The molecule has 1 N–H and O–H groups in total. The second-order valence-corrected chi connectivity index (χ2v) is 6.74. The van der Waals surface area contributed by atoms with Crippen molar-refractivity contribution in [2.45, 2.75) is 52.7 Å². The molecule has 0 amide bonds. The van der Waals surface area contributed by atoms with Gasteiger partial charge in [0.2, 0.25) is 0 Å². The van der Waals surface area contributed by atoms with Gasteiger partial charge in [0.1, 0.15) is 24.3 Å². The molecule has 0 aliphatic rings. The van der Waals surface area contributed by atoms with Gasteiger partial charge in [-0.25, -0.2) is 8.78 Å². The van der Waals surface area contributed by atoms with Crippen LogP contribution in [0.2, 0.25) is 0 Å². The van der Waals surface area contributed by atoms with Gasteiger partial charge in [-0.15, -0.1) is 0 Å². The molecule has 0 bridgehead atoms. The van der Waals surface area contributed by atoms with Crippen LogP contribution in [0.3, 0.4) is 0 Å². The third-order valence-corrected chi connectivity index (χ3v) is 3.79. The fourth-order valence-electron chi connectivity index (χ4n) is 2.38. The Morgan fingerprint density at radius 3 is 2.64 bits per heavy atom. The number of carbonyl (C=O) groups is 1. The molecule has 0 heterocycles. The second kappa shape index (κ2) is 11.2. The quantitative estimate of drug-likeness (QED) is 0.616. The molecule has 142 valence electrons. The van der Waals surface area contributed by atoms with Gasteiger partial charge >= 0.3 is 5.97 Å². The van der Waals surface area contributed by atoms with E-state index in [2.05, 4.69) is 13.8 Å². The van der Waals surface area contributed by atoms with Crippen LogP contribution in [0.15, 0.2) is 18.2 Å². The Morgan fingerprint density at radius 2 is 2.04 bits per heavy atom. The number of benzene rings is 1. The van der Waals surface area contributed by atoms with Crippen molar-refractivity contribution in [3.05, 3.63) is 35.4 Å². The lowest BCUT2D eigenvalue weighted by atomic mass is 10.1. The van der Waals surface area contributed by atoms with E-state index in [1.807, 2.05) is 11.8 Å². The van der Waals surface area contributed by atoms with E-state index in [1.54, 1.807) is 0 Å². The highest BCUT2D eigenvalue weighted by Gasteiger charge is 2.16. The Kier molecular flexibility index (Phi) is 9.60. The lowest BCUT2D eigenvalue weighted by Gasteiger charge is -2.26. The maximum absolute atomic E-state index is 13.9. The lowest BCUT2D eigenvalue weighted by molar-refractivity contribution is -0.147. The van der Waals surface area contributed by atoms with Crippen LogP contribution in [-0.4, -0.2) is 41.8 Å². The van der Waals surface area contributed by atoms with E-state index in [9.17, 15) is 18.7 Å². The van der Waals surface area contributed by atoms with Crippen LogP contribution in [0.5, 0.6) is 0 Å². The van der Waals surface area contributed by atoms with Crippen molar-refractivity contribution in [2.75, 3.05) is 19.7 Å². The minimum absolute atomic E-state index is 0.0804. The van der Waals surface area contributed by atoms with Crippen LogP contribution >= 0.6 is 0 Å². The van der Waals surface area contributed by atoms with Crippen molar-refractivity contribution in [1.82, 2.24) is 4.90 Å². The Hall–Kier alpha value is -1.53. The first-order chi connectivity index (χ1) is 11.8. The number of aliphatic hydroxyl groups excluding tert-OH is 1. The number of ether oxygens (including phenoxy) is 1. The Morgan fingerprint density at radius 1 is 1.32 bits per heavy atom. The number of esters is 1. The third kappa shape index (κ3) is 8.93. The summed E-state index contributed by atoms with van der Waals surface area (Å²) in [4.78, 5) is 13.3. The van der Waals surface area contributed by atoms with Gasteiger partial charge in [-0.1, -0.05) is 26.8 Å². The molecule has 0 saturated carbocycles. The standard InChI is InChI=1S/C19H29F2NO3/c1-4-5-19(24)25-13-17(23)12-22(9-8-14(2)3)11-15-6-7-16(20)10-18(15)21/h6-7,10,14,17,23H,4-5,8-9,11-13H2,1-3H3. The van der Waals surface area contributed by atoms with E-state index in [4.69, 9.17) is 4.74 Å². The predicted molar refractivity (Wildman–Crippen MR) is 93.0 cm³/mol. The number of hydrogen-bond donors (Lipinski definition) is 1. The number of rotatable bonds is 11. The SMILES string of the molecule is CCCC(=O)OCC(O)CN(CCC(C)C)Cc1ccc(F)cc1F. The molecule has 1 rings (SSSR count). The molecule has 1 aromatic carbocycles. The molecular formula is C19H29F2NO3. The van der Waals surface area contributed by atoms with Crippen LogP contribution in [0.25, 0.3) is 0 Å². The van der Waals surface area contributed by atoms with Crippen LogP contribution < -0.4 is 0 Å². The molecule has 4 nitrogen and oxygen atoms in total. The highest BCUT2D eigenvalue weighted by Crippen LogP contribution is 2.14. The highest BCUT2D eigenvalue weighted by atomic mass is 19.1. The number of hydrogen-bond acceptors (Lipinski definition) is 4. The molecule has 0 aliphatic heterocycles. The molecule has 25 heavy (non-hydrogen) atoms. The molecule has 1 atom stereocenters. The molecule has 0 spiro atoms. The monoisotopic (exact) mass is 357 g/mol. The summed E-state index contributed by atoms with van der Waals surface area (Å²) in [5.74, 6) is -1.09. The van der Waals surface area contributed by atoms with Crippen molar-refractivity contribution in [1.29, 1.82) is 0 Å². The number of aliphatic hydroxyl groups is 1. The first-order valence-corrected chi connectivity index (χ1v) is 8.81. The third-order valence-electron chi connectivity index (χ3n) is 3.79. The number of carbonyl (C=O) groups excluding carboxylic acids is 1. The summed E-state index contributed by atoms with van der Waals surface area (Å²) in [6.45, 7) is 7.14. The van der Waals surface area contributed by atoms with Crippen molar-refractivity contribution < 1.29 is 23.4 Å². The summed E-state index contributed by atoms with van der Waals surface area (Å²) in [6, 6.07) is 3.50. The molecule has 0 saturated heterocycles. The van der Waals surface area contributed by atoms with Gasteiger partial charge in [-0.05, 0) is 31.4 Å². The minimum atomic E-state index is -0.850.